The second kappa shape index (κ2) is 7.09. The van der Waals surface area contributed by atoms with Crippen LogP contribution in [0.3, 0.4) is 0 Å². The topological polar surface area (TPSA) is 44.1 Å². The Morgan fingerprint density at radius 3 is 2.55 bits per heavy atom. The summed E-state index contributed by atoms with van der Waals surface area (Å²) >= 11 is 0. The Morgan fingerprint density at radius 2 is 2.00 bits per heavy atom. The van der Waals surface area contributed by atoms with Crippen LogP contribution < -0.4 is 0 Å². The minimum Gasteiger partial charge on any atom is -0.512 e. The Balaban J connectivity index is 2.80. The molecule has 0 fully saturated rings. The molecule has 0 amide bonds. The molecular formula is C18H25NO. The summed E-state index contributed by atoms with van der Waals surface area (Å²) in [7, 11) is 0. The van der Waals surface area contributed by atoms with Crippen LogP contribution in [-0.2, 0) is 0 Å². The van der Waals surface area contributed by atoms with Gasteiger partial charge in [0.05, 0.1) is 5.76 Å². The molecule has 0 aromatic carbocycles. The molecule has 0 aromatic rings. The van der Waals surface area contributed by atoms with Gasteiger partial charge in [-0.15, -0.1) is 0 Å². The molecule has 2 N–H and O–H groups in total. The molecule has 0 heterocycles. The van der Waals surface area contributed by atoms with Gasteiger partial charge in [-0.25, -0.2) is 0 Å². The average molecular weight is 271 g/mol. The number of nitrogens with one attached hydrogen (secondary N) is 1. The van der Waals surface area contributed by atoms with Crippen molar-refractivity contribution < 1.29 is 5.11 Å². The average Bonchev–Trinajstić information content (AvgIpc) is 2.56. The summed E-state index contributed by atoms with van der Waals surface area (Å²) < 4.78 is 0. The fourth-order valence-electron chi connectivity index (χ4n) is 2.64. The number of hydrogen-bond acceptors (Lipinski definition) is 2. The van der Waals surface area contributed by atoms with Gasteiger partial charge >= 0.3 is 0 Å². The van der Waals surface area contributed by atoms with Gasteiger partial charge in [-0.05, 0) is 56.9 Å². The summed E-state index contributed by atoms with van der Waals surface area (Å²) in [5, 5.41) is 17.3. The molecule has 0 spiro atoms. The fraction of sp³-hybridized carbons (Fsp3) is 0.389. The van der Waals surface area contributed by atoms with Gasteiger partial charge in [0.2, 0.25) is 0 Å². The predicted molar refractivity (Wildman–Crippen MR) is 87.2 cm³/mol. The summed E-state index contributed by atoms with van der Waals surface area (Å²) in [5.41, 5.74) is 5.33. The van der Waals surface area contributed by atoms with Gasteiger partial charge in [0.15, 0.2) is 0 Å². The summed E-state index contributed by atoms with van der Waals surface area (Å²) in [6, 6.07) is 0. The molecule has 0 saturated heterocycles. The van der Waals surface area contributed by atoms with Crippen LogP contribution in [0.2, 0.25) is 0 Å². The molecule has 0 bridgehead atoms. The zero-order valence-corrected chi connectivity index (χ0v) is 12.8. The van der Waals surface area contributed by atoms with Crippen molar-refractivity contribution in [1.29, 1.82) is 5.41 Å². The number of allylic oxidation sites excluding steroid dienone is 8. The Kier molecular flexibility index (Phi) is 5.75. The molecule has 0 aromatic heterocycles. The second-order valence-corrected chi connectivity index (χ2v) is 5.69. The Hall–Kier alpha value is -1.83. The minimum atomic E-state index is 0.197. The lowest BCUT2D eigenvalue weighted by atomic mass is 9.94. The number of aliphatic hydroxyl groups excluding tert-OH is 1. The van der Waals surface area contributed by atoms with Crippen LogP contribution in [0.5, 0.6) is 0 Å². The zero-order valence-electron chi connectivity index (χ0n) is 12.8. The highest BCUT2D eigenvalue weighted by atomic mass is 16.3. The molecular weight excluding hydrogens is 246 g/mol. The summed E-state index contributed by atoms with van der Waals surface area (Å²) in [6.07, 6.45) is 7.56. The van der Waals surface area contributed by atoms with E-state index in [1.807, 2.05) is 19.9 Å². The van der Waals surface area contributed by atoms with E-state index >= 15 is 0 Å². The van der Waals surface area contributed by atoms with Crippen LogP contribution in [0.1, 0.15) is 40.0 Å². The first kappa shape index (κ1) is 16.2. The number of hydrogen-bond donors (Lipinski definition) is 2. The lowest BCUT2D eigenvalue weighted by Gasteiger charge is -2.10. The van der Waals surface area contributed by atoms with Crippen LogP contribution in [0.15, 0.2) is 58.9 Å². The van der Waals surface area contributed by atoms with Gasteiger partial charge < -0.3 is 10.5 Å². The van der Waals surface area contributed by atoms with Crippen LogP contribution in [-0.4, -0.2) is 11.3 Å². The van der Waals surface area contributed by atoms with Gasteiger partial charge in [-0.3, -0.25) is 0 Å². The fourth-order valence-corrected chi connectivity index (χ4v) is 2.64. The lowest BCUT2D eigenvalue weighted by molar-refractivity contribution is 0.378. The zero-order chi connectivity index (χ0) is 15.3. The molecule has 20 heavy (non-hydrogen) atoms. The molecule has 1 aliphatic rings. The number of rotatable bonds is 6. The van der Waals surface area contributed by atoms with Crippen molar-refractivity contribution in [3.8, 4) is 0 Å². The lowest BCUT2D eigenvalue weighted by Crippen LogP contribution is -1.99. The van der Waals surface area contributed by atoms with E-state index in [4.69, 9.17) is 5.41 Å². The molecule has 0 aliphatic heterocycles. The van der Waals surface area contributed by atoms with Crippen molar-refractivity contribution in [2.45, 2.75) is 40.0 Å². The highest BCUT2D eigenvalue weighted by Gasteiger charge is 2.27. The Bertz CT molecular complexity index is 518. The highest BCUT2D eigenvalue weighted by Crippen LogP contribution is 2.39. The largest absolute Gasteiger partial charge is 0.512 e. The van der Waals surface area contributed by atoms with Crippen LogP contribution in [0.4, 0.5) is 0 Å². The summed E-state index contributed by atoms with van der Waals surface area (Å²) in [6.45, 7) is 14.0. The Morgan fingerprint density at radius 1 is 1.35 bits per heavy atom. The van der Waals surface area contributed by atoms with Gasteiger partial charge in [0, 0.05) is 6.42 Å². The van der Waals surface area contributed by atoms with Gasteiger partial charge in [-0.1, -0.05) is 42.0 Å². The first-order valence-electron chi connectivity index (χ1n) is 6.95. The van der Waals surface area contributed by atoms with Crippen molar-refractivity contribution in [2.24, 2.45) is 5.92 Å². The molecule has 2 nitrogen and oxygen atoms in total. The maximum atomic E-state index is 10.1. The van der Waals surface area contributed by atoms with E-state index < -0.39 is 0 Å². The molecule has 1 rings (SSSR count). The van der Waals surface area contributed by atoms with Crippen molar-refractivity contribution in [3.63, 3.8) is 0 Å². The standard InChI is InChI=1S/C18H25NO/c1-12(2)8-13(3)9-14(4)10-17-15(5)16(6-7-19)11-18(17)20/h7-9,16,19-20H,1,5-6,10-11H2,2-4H3/b13-8-,14-9-,19-7?. The summed E-state index contributed by atoms with van der Waals surface area (Å²) in [4.78, 5) is 0. The van der Waals surface area contributed by atoms with E-state index in [9.17, 15) is 5.11 Å². The van der Waals surface area contributed by atoms with Crippen LogP contribution in [0, 0.1) is 11.3 Å². The monoisotopic (exact) mass is 271 g/mol. The van der Waals surface area contributed by atoms with Crippen molar-refractivity contribution in [1.82, 2.24) is 0 Å². The maximum Gasteiger partial charge on any atom is 0.0966 e. The van der Waals surface area contributed by atoms with E-state index in [0.29, 0.717) is 18.6 Å². The van der Waals surface area contributed by atoms with E-state index in [0.717, 1.165) is 28.7 Å². The summed E-state index contributed by atoms with van der Waals surface area (Å²) in [5.74, 6) is 0.637. The van der Waals surface area contributed by atoms with E-state index in [2.05, 4.69) is 26.2 Å². The van der Waals surface area contributed by atoms with Crippen LogP contribution >= 0.6 is 0 Å². The third-order valence-electron chi connectivity index (χ3n) is 3.47. The van der Waals surface area contributed by atoms with E-state index in [-0.39, 0.29) is 5.92 Å². The van der Waals surface area contributed by atoms with Gasteiger partial charge in [0.1, 0.15) is 0 Å². The maximum absolute atomic E-state index is 10.1. The smallest absolute Gasteiger partial charge is 0.0966 e. The van der Waals surface area contributed by atoms with Crippen molar-refractivity contribution >= 4 is 6.21 Å². The van der Waals surface area contributed by atoms with Gasteiger partial charge in [0.25, 0.3) is 0 Å². The molecule has 108 valence electrons. The normalized spacial score (nSPS) is 20.6. The first-order chi connectivity index (χ1) is 9.35. The highest BCUT2D eigenvalue weighted by molar-refractivity contribution is 5.56. The first-order valence-corrected chi connectivity index (χ1v) is 6.95. The number of aliphatic hydroxyl groups is 1. The molecule has 0 saturated carbocycles. The Labute approximate surface area is 122 Å². The van der Waals surface area contributed by atoms with E-state index in [1.54, 1.807) is 0 Å². The molecule has 1 atom stereocenters. The SMILES string of the molecule is C=C(C)/C=C(C)\C=C(\C)CC1=C(O)CC(CC=N)C1=C. The third kappa shape index (κ3) is 4.37. The minimum absolute atomic E-state index is 0.197. The second-order valence-electron chi connectivity index (χ2n) is 5.69. The quantitative estimate of drug-likeness (QED) is 0.501. The van der Waals surface area contributed by atoms with Crippen molar-refractivity contribution in [2.75, 3.05) is 0 Å². The molecule has 2 heteroatoms. The predicted octanol–water partition coefficient (Wildman–Crippen LogP) is 5.27. The van der Waals surface area contributed by atoms with Crippen molar-refractivity contribution in [3.05, 3.63) is 58.9 Å². The van der Waals surface area contributed by atoms with Gasteiger partial charge in [-0.2, -0.15) is 0 Å². The third-order valence-corrected chi connectivity index (χ3v) is 3.47. The molecule has 0 radical (unpaired) electrons. The van der Waals surface area contributed by atoms with Crippen LogP contribution in [0.25, 0.3) is 0 Å². The van der Waals surface area contributed by atoms with E-state index in [1.165, 1.54) is 11.8 Å². The molecule has 1 unspecified atom stereocenters. The molecule has 1 aliphatic carbocycles.